The molecule has 2 rings (SSSR count). The Kier molecular flexibility index (Phi) is 5.52. The summed E-state index contributed by atoms with van der Waals surface area (Å²) >= 11 is 11.4. The molecule has 0 aliphatic heterocycles. The van der Waals surface area contributed by atoms with Crippen molar-refractivity contribution in [1.82, 2.24) is 15.8 Å². The number of benzene rings is 1. The molecule has 1 aromatic carbocycles. The number of rotatable bonds is 4. The molecule has 0 spiro atoms. The molecule has 0 atom stereocenters. The largest absolute Gasteiger partial charge is 0.483 e. The maximum absolute atomic E-state index is 11.8. The third-order valence-corrected chi connectivity index (χ3v) is 3.68. The lowest BCUT2D eigenvalue weighted by atomic mass is 10.1. The number of hydrazine groups is 1. The van der Waals surface area contributed by atoms with Crippen LogP contribution in [0.25, 0.3) is 0 Å². The Hall–Kier alpha value is -2.18. The summed E-state index contributed by atoms with van der Waals surface area (Å²) < 4.78 is 5.43. The van der Waals surface area contributed by atoms with Crippen LogP contribution < -0.4 is 15.6 Å². The van der Waals surface area contributed by atoms with Crippen molar-refractivity contribution in [3.63, 3.8) is 0 Å². The molecule has 1 aromatic heterocycles. The van der Waals surface area contributed by atoms with Crippen molar-refractivity contribution in [3.8, 4) is 5.75 Å². The molecule has 0 unspecified atom stereocenters. The van der Waals surface area contributed by atoms with Crippen molar-refractivity contribution >= 4 is 35.0 Å². The quantitative estimate of drug-likeness (QED) is 0.737. The molecule has 2 amide bonds. The molecule has 0 radical (unpaired) electrons. The second-order valence-corrected chi connectivity index (χ2v) is 5.69. The Morgan fingerprint density at radius 2 is 1.91 bits per heavy atom. The van der Waals surface area contributed by atoms with Crippen LogP contribution in [0.15, 0.2) is 24.3 Å². The average molecular weight is 356 g/mol. The van der Waals surface area contributed by atoms with Gasteiger partial charge in [-0.05, 0) is 37.1 Å². The summed E-state index contributed by atoms with van der Waals surface area (Å²) in [5, 5.41) is 0.378. The normalized spacial score (nSPS) is 10.3. The van der Waals surface area contributed by atoms with Crippen molar-refractivity contribution in [1.29, 1.82) is 0 Å². The summed E-state index contributed by atoms with van der Waals surface area (Å²) in [5.74, 6) is -0.448. The van der Waals surface area contributed by atoms with Gasteiger partial charge >= 0.3 is 0 Å². The number of hydrogen-bond donors (Lipinski definition) is 3. The third-order valence-electron chi connectivity index (χ3n) is 2.99. The number of halogens is 2. The second-order valence-electron chi connectivity index (χ2n) is 4.90. The minimum Gasteiger partial charge on any atom is -0.483 e. The molecule has 0 bridgehead atoms. The first kappa shape index (κ1) is 17.2. The van der Waals surface area contributed by atoms with Crippen LogP contribution in [0, 0.1) is 13.8 Å². The number of carbonyl (C=O) groups is 2. The van der Waals surface area contributed by atoms with Crippen LogP contribution >= 0.6 is 23.2 Å². The maximum Gasteiger partial charge on any atom is 0.286 e. The lowest BCUT2D eigenvalue weighted by Gasteiger charge is -2.10. The van der Waals surface area contributed by atoms with Crippen molar-refractivity contribution < 1.29 is 14.3 Å². The van der Waals surface area contributed by atoms with Crippen LogP contribution in [0.5, 0.6) is 5.75 Å². The molecule has 8 heteroatoms. The highest BCUT2D eigenvalue weighted by atomic mass is 35.5. The van der Waals surface area contributed by atoms with Crippen molar-refractivity contribution in [2.45, 2.75) is 13.8 Å². The van der Waals surface area contributed by atoms with Crippen LogP contribution in [0.3, 0.4) is 0 Å². The number of aryl methyl sites for hydroxylation is 2. The molecular weight excluding hydrogens is 341 g/mol. The van der Waals surface area contributed by atoms with Crippen LogP contribution in [0.4, 0.5) is 0 Å². The van der Waals surface area contributed by atoms with Crippen molar-refractivity contribution in [2.24, 2.45) is 0 Å². The fourth-order valence-corrected chi connectivity index (χ4v) is 2.08. The number of aromatic amines is 1. The second kappa shape index (κ2) is 7.39. The van der Waals surface area contributed by atoms with Gasteiger partial charge in [-0.15, -0.1) is 0 Å². The average Bonchev–Trinajstić information content (AvgIpc) is 2.85. The number of ether oxygens (including phenoxy) is 1. The van der Waals surface area contributed by atoms with Crippen molar-refractivity contribution in [3.05, 3.63) is 51.3 Å². The molecule has 122 valence electrons. The Morgan fingerprint density at radius 3 is 2.57 bits per heavy atom. The van der Waals surface area contributed by atoms with Crippen LogP contribution in [-0.4, -0.2) is 23.4 Å². The highest BCUT2D eigenvalue weighted by Gasteiger charge is 2.12. The van der Waals surface area contributed by atoms with Gasteiger partial charge in [0.25, 0.3) is 11.8 Å². The third kappa shape index (κ3) is 4.64. The van der Waals surface area contributed by atoms with E-state index in [1.165, 1.54) is 6.07 Å². The van der Waals surface area contributed by atoms with Gasteiger partial charge < -0.3 is 9.72 Å². The molecule has 6 nitrogen and oxygen atoms in total. The van der Waals surface area contributed by atoms with E-state index >= 15 is 0 Å². The van der Waals surface area contributed by atoms with Crippen LogP contribution in [0.2, 0.25) is 10.2 Å². The lowest BCUT2D eigenvalue weighted by molar-refractivity contribution is -0.123. The summed E-state index contributed by atoms with van der Waals surface area (Å²) in [4.78, 5) is 26.1. The molecule has 2 aromatic rings. The zero-order valence-electron chi connectivity index (χ0n) is 12.5. The number of carbonyl (C=O) groups excluding carboxylic acids is 2. The zero-order valence-corrected chi connectivity index (χ0v) is 14.0. The molecule has 0 fully saturated rings. The molecule has 0 aliphatic carbocycles. The molecule has 0 saturated carbocycles. The van der Waals surface area contributed by atoms with E-state index in [4.69, 9.17) is 27.9 Å². The number of amides is 2. The van der Waals surface area contributed by atoms with Gasteiger partial charge in [-0.2, -0.15) is 0 Å². The number of H-pyrrole nitrogens is 1. The Labute approximate surface area is 143 Å². The van der Waals surface area contributed by atoms with E-state index in [0.717, 1.165) is 11.1 Å². The van der Waals surface area contributed by atoms with E-state index in [2.05, 4.69) is 15.8 Å². The van der Waals surface area contributed by atoms with E-state index in [1.54, 1.807) is 0 Å². The van der Waals surface area contributed by atoms with Gasteiger partial charge in [0.1, 0.15) is 16.6 Å². The zero-order chi connectivity index (χ0) is 17.0. The van der Waals surface area contributed by atoms with E-state index in [-0.39, 0.29) is 22.5 Å². The first-order valence-electron chi connectivity index (χ1n) is 6.70. The summed E-state index contributed by atoms with van der Waals surface area (Å²) in [6.07, 6.45) is 0. The summed E-state index contributed by atoms with van der Waals surface area (Å²) in [6, 6.07) is 7.06. The van der Waals surface area contributed by atoms with E-state index < -0.39 is 11.8 Å². The highest BCUT2D eigenvalue weighted by Crippen LogP contribution is 2.21. The van der Waals surface area contributed by atoms with Crippen LogP contribution in [0.1, 0.15) is 21.6 Å². The maximum atomic E-state index is 11.8. The van der Waals surface area contributed by atoms with E-state index in [9.17, 15) is 9.59 Å². The standard InChI is InChI=1S/C15H15Cl2N3O3/c1-8-3-4-9(2)12(5-8)23-7-13(21)19-20-15(22)11-6-10(16)14(17)18-11/h3-6,18H,7H2,1-2H3,(H,19,21)(H,20,22). The summed E-state index contributed by atoms with van der Waals surface area (Å²) in [5.41, 5.74) is 6.56. The fraction of sp³-hybridized carbons (Fsp3) is 0.200. The first-order chi connectivity index (χ1) is 10.9. The van der Waals surface area contributed by atoms with Crippen LogP contribution in [-0.2, 0) is 4.79 Å². The Morgan fingerprint density at radius 1 is 1.17 bits per heavy atom. The summed E-state index contributed by atoms with van der Waals surface area (Å²) in [7, 11) is 0. The van der Waals surface area contributed by atoms with Gasteiger partial charge in [0.05, 0.1) is 5.02 Å². The SMILES string of the molecule is Cc1ccc(C)c(OCC(=O)NNC(=O)c2cc(Cl)c(Cl)[nH]2)c1. The monoisotopic (exact) mass is 355 g/mol. The van der Waals surface area contributed by atoms with E-state index in [0.29, 0.717) is 5.75 Å². The topological polar surface area (TPSA) is 83.2 Å². The van der Waals surface area contributed by atoms with Gasteiger partial charge in [-0.3, -0.25) is 20.4 Å². The van der Waals surface area contributed by atoms with Crippen molar-refractivity contribution in [2.75, 3.05) is 6.61 Å². The number of hydrogen-bond acceptors (Lipinski definition) is 3. The molecule has 1 heterocycles. The fourth-order valence-electron chi connectivity index (χ4n) is 1.76. The van der Waals surface area contributed by atoms with Gasteiger partial charge in [0, 0.05) is 0 Å². The smallest absolute Gasteiger partial charge is 0.286 e. The Bertz CT molecular complexity index is 724. The lowest BCUT2D eigenvalue weighted by Crippen LogP contribution is -2.44. The number of nitrogens with one attached hydrogen (secondary N) is 3. The minimum atomic E-state index is -0.570. The predicted octanol–water partition coefficient (Wildman–Crippen LogP) is 2.78. The Balaban J connectivity index is 1.83. The molecule has 0 saturated heterocycles. The van der Waals surface area contributed by atoms with Gasteiger partial charge in [0.15, 0.2) is 6.61 Å². The molecular formula is C15H15Cl2N3O3. The number of aromatic nitrogens is 1. The van der Waals surface area contributed by atoms with Gasteiger partial charge in [0.2, 0.25) is 0 Å². The minimum absolute atomic E-state index is 0.135. The van der Waals surface area contributed by atoms with Gasteiger partial charge in [-0.25, -0.2) is 0 Å². The molecule has 23 heavy (non-hydrogen) atoms. The van der Waals surface area contributed by atoms with E-state index in [1.807, 2.05) is 32.0 Å². The van der Waals surface area contributed by atoms with Gasteiger partial charge in [-0.1, -0.05) is 35.3 Å². The predicted molar refractivity (Wildman–Crippen MR) is 87.8 cm³/mol. The first-order valence-corrected chi connectivity index (χ1v) is 7.45. The molecule has 3 N–H and O–H groups in total. The summed E-state index contributed by atoms with van der Waals surface area (Å²) in [6.45, 7) is 3.59. The molecule has 0 aliphatic rings. The highest BCUT2D eigenvalue weighted by molar-refractivity contribution is 6.41.